The van der Waals surface area contributed by atoms with Crippen LogP contribution in [0.15, 0.2) is 40.2 Å². The lowest BCUT2D eigenvalue weighted by Crippen LogP contribution is -2.16. The zero-order chi connectivity index (χ0) is 11.1. The van der Waals surface area contributed by atoms with Crippen LogP contribution in [0.3, 0.4) is 0 Å². The quantitative estimate of drug-likeness (QED) is 0.632. The second kappa shape index (κ2) is 6.62. The first kappa shape index (κ1) is 11.6. The summed E-state index contributed by atoms with van der Waals surface area (Å²) < 4.78 is 1.04. The highest BCUT2D eigenvalue weighted by Crippen LogP contribution is 2.17. The molecule has 0 saturated heterocycles. The Balaban J connectivity index is 1.59. The molecule has 0 atom stereocenters. The van der Waals surface area contributed by atoms with Crippen LogP contribution in [-0.4, -0.2) is 22.5 Å². The number of nitrogens with zero attached hydrogens (tertiary/aromatic N) is 2. The van der Waals surface area contributed by atoms with Gasteiger partial charge in [0, 0.05) is 18.8 Å². The number of nitrogens with one attached hydrogen (secondary N) is 1. The van der Waals surface area contributed by atoms with Gasteiger partial charge in [-0.1, -0.05) is 53.4 Å². The molecular weight excluding hydrogens is 238 g/mol. The van der Waals surface area contributed by atoms with Crippen molar-refractivity contribution in [1.29, 1.82) is 0 Å². The molecule has 0 unspecified atom stereocenters. The van der Waals surface area contributed by atoms with Gasteiger partial charge < -0.3 is 5.32 Å². The maximum atomic E-state index is 3.98. The van der Waals surface area contributed by atoms with Crippen LogP contribution >= 0.6 is 23.1 Å². The Morgan fingerprint density at radius 2 is 2.12 bits per heavy atom. The first-order valence-corrected chi connectivity index (χ1v) is 6.95. The van der Waals surface area contributed by atoms with Gasteiger partial charge >= 0.3 is 0 Å². The zero-order valence-electron chi connectivity index (χ0n) is 8.80. The summed E-state index contributed by atoms with van der Waals surface area (Å²) in [6.45, 7) is 1.91. The standard InChI is InChI=1S/C11H13N3S2/c1-2-4-10(5-3-1)8-12-6-7-15-11-14-13-9-16-11/h1-5,9,12H,6-8H2. The molecule has 0 aliphatic rings. The van der Waals surface area contributed by atoms with Crippen LogP contribution in [0, 0.1) is 0 Å². The van der Waals surface area contributed by atoms with Gasteiger partial charge in [-0.05, 0) is 5.56 Å². The van der Waals surface area contributed by atoms with Crippen molar-refractivity contribution >= 4 is 23.1 Å². The van der Waals surface area contributed by atoms with E-state index in [2.05, 4.69) is 39.8 Å². The van der Waals surface area contributed by atoms with Crippen LogP contribution in [0.25, 0.3) is 0 Å². The molecule has 0 radical (unpaired) electrons. The van der Waals surface area contributed by atoms with E-state index in [1.165, 1.54) is 5.56 Å². The molecule has 0 aliphatic carbocycles. The molecule has 16 heavy (non-hydrogen) atoms. The second-order valence-electron chi connectivity index (χ2n) is 3.22. The number of rotatable bonds is 6. The largest absolute Gasteiger partial charge is 0.312 e. The summed E-state index contributed by atoms with van der Waals surface area (Å²) >= 11 is 3.33. The third kappa shape index (κ3) is 3.92. The number of benzene rings is 1. The smallest absolute Gasteiger partial charge is 0.174 e. The van der Waals surface area contributed by atoms with Crippen molar-refractivity contribution < 1.29 is 0 Å². The molecule has 0 amide bonds. The minimum atomic E-state index is 0.928. The van der Waals surface area contributed by atoms with E-state index in [9.17, 15) is 0 Å². The number of aromatic nitrogens is 2. The van der Waals surface area contributed by atoms with Crippen molar-refractivity contribution in [3.05, 3.63) is 41.4 Å². The van der Waals surface area contributed by atoms with Gasteiger partial charge in [-0.2, -0.15) is 0 Å². The summed E-state index contributed by atoms with van der Waals surface area (Å²) in [5.74, 6) is 1.03. The summed E-state index contributed by atoms with van der Waals surface area (Å²) in [4.78, 5) is 0. The van der Waals surface area contributed by atoms with Crippen LogP contribution in [0.1, 0.15) is 5.56 Å². The van der Waals surface area contributed by atoms with E-state index in [0.29, 0.717) is 0 Å². The van der Waals surface area contributed by atoms with Gasteiger partial charge in [-0.15, -0.1) is 10.2 Å². The van der Waals surface area contributed by atoms with Crippen LogP contribution in [0.4, 0.5) is 0 Å². The van der Waals surface area contributed by atoms with Gasteiger partial charge in [-0.25, -0.2) is 0 Å². The fraction of sp³-hybridized carbons (Fsp3) is 0.273. The number of hydrogen-bond acceptors (Lipinski definition) is 5. The Labute approximate surface area is 103 Å². The van der Waals surface area contributed by atoms with E-state index in [1.54, 1.807) is 28.6 Å². The van der Waals surface area contributed by atoms with Gasteiger partial charge in [0.05, 0.1) is 0 Å². The topological polar surface area (TPSA) is 37.8 Å². The molecule has 84 valence electrons. The van der Waals surface area contributed by atoms with E-state index in [-0.39, 0.29) is 0 Å². The van der Waals surface area contributed by atoms with Crippen molar-refractivity contribution in [3.8, 4) is 0 Å². The predicted octanol–water partition coefficient (Wildman–Crippen LogP) is 2.42. The maximum absolute atomic E-state index is 3.98. The van der Waals surface area contributed by atoms with E-state index < -0.39 is 0 Å². The molecule has 2 aromatic rings. The monoisotopic (exact) mass is 251 g/mol. The van der Waals surface area contributed by atoms with E-state index in [4.69, 9.17) is 0 Å². The molecule has 1 heterocycles. The third-order valence-corrected chi connectivity index (χ3v) is 3.88. The van der Waals surface area contributed by atoms with E-state index in [0.717, 1.165) is 23.2 Å². The molecule has 5 heteroatoms. The lowest BCUT2D eigenvalue weighted by Gasteiger charge is -2.03. The molecule has 1 N–H and O–H groups in total. The Morgan fingerprint density at radius 1 is 1.25 bits per heavy atom. The van der Waals surface area contributed by atoms with Crippen LogP contribution in [0.2, 0.25) is 0 Å². The highest BCUT2D eigenvalue weighted by molar-refractivity contribution is 8.01. The summed E-state index contributed by atoms with van der Waals surface area (Å²) in [5.41, 5.74) is 3.09. The van der Waals surface area contributed by atoms with Crippen molar-refractivity contribution in [2.75, 3.05) is 12.3 Å². The molecule has 3 nitrogen and oxygen atoms in total. The van der Waals surface area contributed by atoms with Crippen molar-refractivity contribution in [2.45, 2.75) is 10.9 Å². The zero-order valence-corrected chi connectivity index (χ0v) is 10.4. The average Bonchev–Trinajstić information content (AvgIpc) is 2.83. The van der Waals surface area contributed by atoms with Gasteiger partial charge in [0.15, 0.2) is 4.34 Å². The first-order chi connectivity index (χ1) is 7.95. The number of hydrogen-bond donors (Lipinski definition) is 1. The van der Waals surface area contributed by atoms with Gasteiger partial charge in [0.1, 0.15) is 5.51 Å². The molecule has 0 aliphatic heterocycles. The molecule has 0 spiro atoms. The Kier molecular flexibility index (Phi) is 4.79. The lowest BCUT2D eigenvalue weighted by molar-refractivity contribution is 0.732. The van der Waals surface area contributed by atoms with Gasteiger partial charge in [-0.3, -0.25) is 0 Å². The van der Waals surface area contributed by atoms with Crippen LogP contribution in [-0.2, 0) is 6.54 Å². The molecule has 1 aromatic carbocycles. The molecule has 0 bridgehead atoms. The third-order valence-electron chi connectivity index (χ3n) is 2.02. The Morgan fingerprint density at radius 3 is 2.88 bits per heavy atom. The lowest BCUT2D eigenvalue weighted by atomic mass is 10.2. The van der Waals surface area contributed by atoms with Crippen LogP contribution in [0.5, 0.6) is 0 Å². The van der Waals surface area contributed by atoms with Crippen molar-refractivity contribution in [1.82, 2.24) is 15.5 Å². The van der Waals surface area contributed by atoms with E-state index >= 15 is 0 Å². The van der Waals surface area contributed by atoms with Crippen molar-refractivity contribution in [2.24, 2.45) is 0 Å². The normalized spacial score (nSPS) is 10.5. The SMILES string of the molecule is c1ccc(CNCCSc2nncs2)cc1. The highest BCUT2D eigenvalue weighted by Gasteiger charge is 1.96. The van der Waals surface area contributed by atoms with Gasteiger partial charge in [0.25, 0.3) is 0 Å². The molecular formula is C11H13N3S2. The Hall–Kier alpha value is -0.910. The highest BCUT2D eigenvalue weighted by atomic mass is 32.2. The summed E-state index contributed by atoms with van der Waals surface area (Å²) in [7, 11) is 0. The second-order valence-corrected chi connectivity index (χ2v) is 5.39. The van der Waals surface area contributed by atoms with Crippen LogP contribution < -0.4 is 5.32 Å². The first-order valence-electron chi connectivity index (χ1n) is 5.09. The van der Waals surface area contributed by atoms with E-state index in [1.807, 2.05) is 6.07 Å². The predicted molar refractivity (Wildman–Crippen MR) is 68.8 cm³/mol. The van der Waals surface area contributed by atoms with Crippen molar-refractivity contribution in [3.63, 3.8) is 0 Å². The minimum absolute atomic E-state index is 0.928. The fourth-order valence-corrected chi connectivity index (χ4v) is 2.72. The van der Waals surface area contributed by atoms with Gasteiger partial charge in [0.2, 0.25) is 0 Å². The molecule has 0 saturated carbocycles. The molecule has 0 fully saturated rings. The minimum Gasteiger partial charge on any atom is -0.312 e. The average molecular weight is 251 g/mol. The number of thioether (sulfide) groups is 1. The Bertz CT molecular complexity index is 389. The summed E-state index contributed by atoms with van der Waals surface area (Å²) in [6, 6.07) is 10.4. The summed E-state index contributed by atoms with van der Waals surface area (Å²) in [5, 5.41) is 11.2. The summed E-state index contributed by atoms with van der Waals surface area (Å²) in [6.07, 6.45) is 0. The molecule has 1 aromatic heterocycles. The molecule has 2 rings (SSSR count). The maximum Gasteiger partial charge on any atom is 0.174 e. The fourth-order valence-electron chi connectivity index (χ4n) is 1.26.